The van der Waals surface area contributed by atoms with Gasteiger partial charge in [0.25, 0.3) is 10.0 Å². The van der Waals surface area contributed by atoms with Gasteiger partial charge in [-0.25, -0.2) is 8.42 Å². The van der Waals surface area contributed by atoms with Crippen LogP contribution in [-0.2, 0) is 21.4 Å². The molecule has 0 aliphatic heterocycles. The van der Waals surface area contributed by atoms with Crippen LogP contribution < -0.4 is 5.32 Å². The van der Waals surface area contributed by atoms with Gasteiger partial charge in [-0.2, -0.15) is 4.31 Å². The van der Waals surface area contributed by atoms with Crippen LogP contribution in [0.2, 0.25) is 4.34 Å². The molecule has 0 bridgehead atoms. The molecule has 2 aromatic rings. The number of rotatable bonds is 6. The van der Waals surface area contributed by atoms with Crippen molar-refractivity contribution in [3.63, 3.8) is 0 Å². The van der Waals surface area contributed by atoms with Crippen LogP contribution in [0.4, 0.5) is 0 Å². The number of likely N-dealkylation sites (N-methyl/N-ethyl adjacent to an activating group) is 1. The van der Waals surface area contributed by atoms with Crippen LogP contribution in [-0.4, -0.2) is 37.2 Å². The predicted octanol–water partition coefficient (Wildman–Crippen LogP) is 1.73. The maximum Gasteiger partial charge on any atom is 0.252 e. The highest BCUT2D eigenvalue weighted by Crippen LogP contribution is 2.27. The zero-order valence-corrected chi connectivity index (χ0v) is 14.1. The van der Waals surface area contributed by atoms with Gasteiger partial charge in [-0.3, -0.25) is 9.78 Å². The van der Waals surface area contributed by atoms with Crippen molar-refractivity contribution in [2.24, 2.45) is 0 Å². The van der Waals surface area contributed by atoms with Crippen molar-refractivity contribution in [3.05, 3.63) is 46.6 Å². The average Bonchev–Trinajstić information content (AvgIpc) is 2.93. The standard InChI is InChI=1S/C13H14ClN3O3S2/c1-17(22(19,20)13-5-4-11(14)21-13)9-12(18)16-8-10-3-2-6-15-7-10/h2-7H,8-9H2,1H3,(H,16,18). The summed E-state index contributed by atoms with van der Waals surface area (Å²) in [4.78, 5) is 15.8. The topological polar surface area (TPSA) is 79.4 Å². The Morgan fingerprint density at radius 2 is 2.18 bits per heavy atom. The normalized spacial score (nSPS) is 11.6. The summed E-state index contributed by atoms with van der Waals surface area (Å²) in [6, 6.07) is 6.52. The summed E-state index contributed by atoms with van der Waals surface area (Å²) in [6.07, 6.45) is 3.27. The number of hydrogen-bond acceptors (Lipinski definition) is 5. The van der Waals surface area contributed by atoms with Gasteiger partial charge in [0.2, 0.25) is 5.91 Å². The van der Waals surface area contributed by atoms with Gasteiger partial charge < -0.3 is 5.32 Å². The lowest BCUT2D eigenvalue weighted by Gasteiger charge is -2.15. The Balaban J connectivity index is 1.93. The molecule has 0 saturated heterocycles. The Labute approximate surface area is 137 Å². The van der Waals surface area contributed by atoms with Gasteiger partial charge >= 0.3 is 0 Å². The van der Waals surface area contributed by atoms with E-state index in [1.54, 1.807) is 18.5 Å². The highest BCUT2D eigenvalue weighted by molar-refractivity contribution is 7.91. The van der Waals surface area contributed by atoms with Gasteiger partial charge in [0.05, 0.1) is 10.9 Å². The van der Waals surface area contributed by atoms with Crippen molar-refractivity contribution in [1.82, 2.24) is 14.6 Å². The van der Waals surface area contributed by atoms with E-state index < -0.39 is 15.9 Å². The zero-order chi connectivity index (χ0) is 16.2. The number of amides is 1. The lowest BCUT2D eigenvalue weighted by Crippen LogP contribution is -2.37. The van der Waals surface area contributed by atoms with E-state index in [-0.39, 0.29) is 10.8 Å². The largest absolute Gasteiger partial charge is 0.351 e. The van der Waals surface area contributed by atoms with Crippen molar-refractivity contribution in [2.75, 3.05) is 13.6 Å². The second-order valence-corrected chi connectivity index (χ2v) is 8.44. The molecule has 0 atom stereocenters. The minimum absolute atomic E-state index is 0.111. The molecule has 2 rings (SSSR count). The minimum atomic E-state index is -3.70. The number of pyridine rings is 1. The summed E-state index contributed by atoms with van der Waals surface area (Å²) in [5.74, 6) is -0.391. The monoisotopic (exact) mass is 359 g/mol. The first-order valence-corrected chi connectivity index (χ1v) is 8.90. The Kier molecular flexibility index (Phi) is 5.52. The fraction of sp³-hybridized carbons (Fsp3) is 0.231. The van der Waals surface area contributed by atoms with Gasteiger partial charge in [0.1, 0.15) is 4.21 Å². The van der Waals surface area contributed by atoms with E-state index >= 15 is 0 Å². The number of aromatic nitrogens is 1. The van der Waals surface area contributed by atoms with E-state index in [1.165, 1.54) is 19.2 Å². The molecular formula is C13H14ClN3O3S2. The third kappa shape index (κ3) is 4.26. The van der Waals surface area contributed by atoms with Crippen LogP contribution in [0.1, 0.15) is 5.56 Å². The highest BCUT2D eigenvalue weighted by atomic mass is 35.5. The number of halogens is 1. The summed E-state index contributed by atoms with van der Waals surface area (Å²) in [7, 11) is -2.35. The third-order valence-electron chi connectivity index (χ3n) is 2.79. The van der Waals surface area contributed by atoms with Crippen LogP contribution in [0.15, 0.2) is 40.9 Å². The van der Waals surface area contributed by atoms with E-state index in [0.29, 0.717) is 10.9 Å². The summed E-state index contributed by atoms with van der Waals surface area (Å²) in [5, 5.41) is 2.65. The molecule has 6 nitrogen and oxygen atoms in total. The maximum absolute atomic E-state index is 12.2. The maximum atomic E-state index is 12.2. The van der Waals surface area contributed by atoms with Crippen molar-refractivity contribution in [2.45, 2.75) is 10.8 Å². The Hall–Kier alpha value is -1.48. The van der Waals surface area contributed by atoms with Gasteiger partial charge in [-0.15, -0.1) is 11.3 Å². The zero-order valence-electron chi connectivity index (χ0n) is 11.7. The van der Waals surface area contributed by atoms with Crippen molar-refractivity contribution in [1.29, 1.82) is 0 Å². The number of nitrogens with zero attached hydrogens (tertiary/aromatic N) is 2. The number of nitrogens with one attached hydrogen (secondary N) is 1. The van der Waals surface area contributed by atoms with Crippen LogP contribution in [0.3, 0.4) is 0 Å². The molecule has 0 aliphatic carbocycles. The van der Waals surface area contributed by atoms with Gasteiger partial charge in [-0.1, -0.05) is 17.7 Å². The highest BCUT2D eigenvalue weighted by Gasteiger charge is 2.24. The fourth-order valence-electron chi connectivity index (χ4n) is 1.64. The second-order valence-electron chi connectivity index (χ2n) is 4.46. The fourth-order valence-corrected chi connectivity index (χ4v) is 4.46. The van der Waals surface area contributed by atoms with Crippen molar-refractivity contribution >= 4 is 38.9 Å². The molecule has 0 saturated carbocycles. The number of sulfonamides is 1. The number of thiophene rings is 1. The Bertz CT molecular complexity index is 747. The van der Waals surface area contributed by atoms with E-state index in [9.17, 15) is 13.2 Å². The van der Waals surface area contributed by atoms with E-state index in [1.807, 2.05) is 6.07 Å². The number of carbonyl (C=O) groups is 1. The second kappa shape index (κ2) is 7.19. The summed E-state index contributed by atoms with van der Waals surface area (Å²) in [5.41, 5.74) is 0.839. The summed E-state index contributed by atoms with van der Waals surface area (Å²) in [6.45, 7) is 0.0313. The Morgan fingerprint density at radius 3 is 2.77 bits per heavy atom. The lowest BCUT2D eigenvalue weighted by molar-refractivity contribution is -0.121. The molecular weight excluding hydrogens is 346 g/mol. The molecule has 22 heavy (non-hydrogen) atoms. The van der Waals surface area contributed by atoms with E-state index in [2.05, 4.69) is 10.3 Å². The Morgan fingerprint density at radius 1 is 1.41 bits per heavy atom. The molecule has 2 aromatic heterocycles. The van der Waals surface area contributed by atoms with Gasteiger partial charge in [0, 0.05) is 26.0 Å². The van der Waals surface area contributed by atoms with E-state index in [0.717, 1.165) is 21.2 Å². The summed E-state index contributed by atoms with van der Waals surface area (Å²) >= 11 is 6.70. The van der Waals surface area contributed by atoms with Crippen molar-refractivity contribution in [3.8, 4) is 0 Å². The molecule has 118 valence electrons. The average molecular weight is 360 g/mol. The molecule has 0 aliphatic rings. The van der Waals surface area contributed by atoms with Crippen molar-refractivity contribution < 1.29 is 13.2 Å². The number of carbonyl (C=O) groups excluding carboxylic acids is 1. The first kappa shape index (κ1) is 16.9. The summed E-state index contributed by atoms with van der Waals surface area (Å²) < 4.78 is 26.0. The first-order chi connectivity index (χ1) is 10.4. The third-order valence-corrected chi connectivity index (χ3v) is 6.29. The van der Waals surface area contributed by atoms with Crippen LogP contribution in [0.5, 0.6) is 0 Å². The van der Waals surface area contributed by atoms with Crippen LogP contribution in [0, 0.1) is 0 Å². The SMILES string of the molecule is CN(CC(=O)NCc1cccnc1)S(=O)(=O)c1ccc(Cl)s1. The first-order valence-electron chi connectivity index (χ1n) is 6.27. The van der Waals surface area contributed by atoms with Crippen LogP contribution in [0.25, 0.3) is 0 Å². The molecule has 2 heterocycles. The molecule has 9 heteroatoms. The quantitative estimate of drug-likeness (QED) is 0.851. The molecule has 0 unspecified atom stereocenters. The van der Waals surface area contributed by atoms with E-state index in [4.69, 9.17) is 11.6 Å². The van der Waals surface area contributed by atoms with Gasteiger partial charge in [0.15, 0.2) is 0 Å². The molecule has 1 amide bonds. The molecule has 0 fully saturated rings. The lowest BCUT2D eigenvalue weighted by atomic mass is 10.3. The molecule has 1 N–H and O–H groups in total. The minimum Gasteiger partial charge on any atom is -0.351 e. The molecule has 0 spiro atoms. The molecule has 0 aromatic carbocycles. The predicted molar refractivity (Wildman–Crippen MR) is 85.2 cm³/mol. The smallest absolute Gasteiger partial charge is 0.252 e. The molecule has 0 radical (unpaired) electrons. The van der Waals surface area contributed by atoms with Gasteiger partial charge in [-0.05, 0) is 23.8 Å². The number of hydrogen-bond donors (Lipinski definition) is 1. The van der Waals surface area contributed by atoms with Crippen LogP contribution >= 0.6 is 22.9 Å².